The van der Waals surface area contributed by atoms with Crippen LogP contribution in [0.25, 0.3) is 76.8 Å². The van der Waals surface area contributed by atoms with Gasteiger partial charge in [0.15, 0.2) is 18.9 Å². The van der Waals surface area contributed by atoms with E-state index in [1.807, 2.05) is 72.8 Å². The molecule has 0 N–H and O–H groups in total. The largest absolute Gasteiger partial charge is 0.495 e. The predicted molar refractivity (Wildman–Crippen MR) is 255 cm³/mol. The standard InChI is InChI=1S/C44H28O3.C12H12O6/c1-27-2-10-31(11-3-27)39-22-40(32-12-4-28(24-45)5-13-32)36-20-21-38-42(34-16-8-30(26-47)9-17-34)23-41(33-14-6-29(25-46)7-15-33)37-19-18-35(39)43(36)44(37)38;1-16-10-7(4-13)11(17-2)9(6-15)12(18-3)8(10)5-14/h2-26H,1H3;4-6H,1-3H3. The third kappa shape index (κ3) is 7.70. The molecule has 65 heavy (non-hydrogen) atoms. The van der Waals surface area contributed by atoms with E-state index in [-0.39, 0.29) is 33.9 Å². The molecule has 0 radical (unpaired) electrons. The van der Waals surface area contributed by atoms with Gasteiger partial charge >= 0.3 is 0 Å². The van der Waals surface area contributed by atoms with E-state index >= 15 is 0 Å². The molecule has 9 heteroatoms. The van der Waals surface area contributed by atoms with Gasteiger partial charge in [-0.2, -0.15) is 0 Å². The third-order valence-electron chi connectivity index (χ3n) is 11.8. The first-order valence-electron chi connectivity index (χ1n) is 20.5. The average Bonchev–Trinajstić information content (AvgIpc) is 3.37. The van der Waals surface area contributed by atoms with Crippen molar-refractivity contribution in [3.63, 3.8) is 0 Å². The van der Waals surface area contributed by atoms with Gasteiger partial charge < -0.3 is 14.2 Å². The predicted octanol–water partition coefficient (Wildman–Crippen LogP) is 12.1. The zero-order chi connectivity index (χ0) is 45.8. The first-order valence-corrected chi connectivity index (χ1v) is 20.5. The Balaban J connectivity index is 0.000000271. The molecule has 9 nitrogen and oxygen atoms in total. The Morgan fingerprint density at radius 3 is 0.785 bits per heavy atom. The Morgan fingerprint density at radius 1 is 0.323 bits per heavy atom. The van der Waals surface area contributed by atoms with Crippen LogP contribution in [0.4, 0.5) is 0 Å². The Bertz CT molecular complexity index is 3130. The minimum absolute atomic E-state index is 0.00926. The number of methoxy groups -OCH3 is 3. The topological polar surface area (TPSA) is 130 Å². The maximum absolute atomic E-state index is 11.5. The molecule has 0 atom stereocenters. The Labute approximate surface area is 374 Å². The smallest absolute Gasteiger partial charge is 0.157 e. The second-order valence-corrected chi connectivity index (χ2v) is 15.3. The van der Waals surface area contributed by atoms with E-state index in [1.165, 1.54) is 32.3 Å². The number of hydrogen-bond acceptors (Lipinski definition) is 9. The summed E-state index contributed by atoms with van der Waals surface area (Å²) in [7, 11) is 3.90. The van der Waals surface area contributed by atoms with Crippen LogP contribution in [0, 0.1) is 6.92 Å². The summed E-state index contributed by atoms with van der Waals surface area (Å²) < 4.78 is 15.0. The van der Waals surface area contributed by atoms with Crippen molar-refractivity contribution < 1.29 is 43.0 Å². The molecule has 0 aromatic heterocycles. The van der Waals surface area contributed by atoms with Gasteiger partial charge in [0, 0.05) is 16.7 Å². The van der Waals surface area contributed by atoms with Gasteiger partial charge in [-0.1, -0.05) is 127 Å². The van der Waals surface area contributed by atoms with Crippen LogP contribution in [0.2, 0.25) is 0 Å². The third-order valence-corrected chi connectivity index (χ3v) is 11.8. The Hall–Kier alpha value is -8.56. The van der Waals surface area contributed by atoms with E-state index in [9.17, 15) is 28.8 Å². The minimum atomic E-state index is -0.00926. The molecule has 0 saturated heterocycles. The highest BCUT2D eigenvalue weighted by Crippen LogP contribution is 2.48. The molecule has 9 aromatic rings. The van der Waals surface area contributed by atoms with E-state index < -0.39 is 0 Å². The monoisotopic (exact) mass is 856 g/mol. The molecule has 9 aromatic carbocycles. The van der Waals surface area contributed by atoms with Crippen molar-refractivity contribution in [2.75, 3.05) is 21.3 Å². The molecule has 9 rings (SSSR count). The molecule has 0 heterocycles. The minimum Gasteiger partial charge on any atom is -0.495 e. The fraction of sp³-hybridized carbons (Fsp3) is 0.0714. The van der Waals surface area contributed by atoms with E-state index in [4.69, 9.17) is 14.2 Å². The molecule has 0 aliphatic rings. The van der Waals surface area contributed by atoms with Crippen molar-refractivity contribution >= 4 is 70.0 Å². The molecule has 0 fully saturated rings. The lowest BCUT2D eigenvalue weighted by molar-refractivity contribution is 0.110. The summed E-state index contributed by atoms with van der Waals surface area (Å²) in [6.45, 7) is 2.10. The number of ether oxygens (including phenoxy) is 3. The first kappa shape index (κ1) is 43.1. The lowest BCUT2D eigenvalue weighted by atomic mass is 9.82. The van der Waals surface area contributed by atoms with Crippen LogP contribution in [0.15, 0.2) is 133 Å². The van der Waals surface area contributed by atoms with Gasteiger partial charge in [-0.25, -0.2) is 0 Å². The highest BCUT2D eigenvalue weighted by atomic mass is 16.5. The highest BCUT2D eigenvalue weighted by Gasteiger charge is 2.26. The van der Waals surface area contributed by atoms with Gasteiger partial charge in [-0.05, 0) is 95.9 Å². The van der Waals surface area contributed by atoms with Crippen molar-refractivity contribution in [2.24, 2.45) is 0 Å². The van der Waals surface area contributed by atoms with Crippen LogP contribution in [0.5, 0.6) is 17.2 Å². The zero-order valence-electron chi connectivity index (χ0n) is 35.8. The summed E-state index contributed by atoms with van der Waals surface area (Å²) in [5.74, 6) is 0.0397. The molecule has 0 saturated carbocycles. The van der Waals surface area contributed by atoms with Gasteiger partial charge in [-0.15, -0.1) is 0 Å². The number of hydrogen-bond donors (Lipinski definition) is 0. The van der Waals surface area contributed by atoms with E-state index in [0.717, 1.165) is 90.3 Å². The summed E-state index contributed by atoms with van der Waals surface area (Å²) in [5, 5.41) is 6.85. The number of aryl methyl sites for hydroxylation is 1. The summed E-state index contributed by atoms with van der Waals surface area (Å²) in [4.78, 5) is 67.7. The van der Waals surface area contributed by atoms with Crippen LogP contribution in [0.3, 0.4) is 0 Å². The van der Waals surface area contributed by atoms with Gasteiger partial charge in [0.05, 0.1) is 21.3 Å². The van der Waals surface area contributed by atoms with Crippen molar-refractivity contribution in [1.82, 2.24) is 0 Å². The number of carbonyl (C=O) groups excluding carboxylic acids is 6. The molecular weight excluding hydrogens is 817 g/mol. The quantitative estimate of drug-likeness (QED) is 0.0821. The van der Waals surface area contributed by atoms with Crippen LogP contribution in [-0.4, -0.2) is 59.0 Å². The van der Waals surface area contributed by atoms with Gasteiger partial charge in [-0.3, -0.25) is 28.8 Å². The van der Waals surface area contributed by atoms with Crippen molar-refractivity contribution in [2.45, 2.75) is 6.92 Å². The summed E-state index contributed by atoms with van der Waals surface area (Å²) in [6, 6.07) is 45.3. The molecule has 0 spiro atoms. The lowest BCUT2D eigenvalue weighted by Gasteiger charge is -2.21. The van der Waals surface area contributed by atoms with E-state index in [0.29, 0.717) is 35.5 Å². The van der Waals surface area contributed by atoms with E-state index in [1.54, 1.807) is 0 Å². The SMILES string of the molecule is COc1c(C=O)c(OC)c(C=O)c(OC)c1C=O.Cc1ccc(-c2cc(-c3ccc(C=O)cc3)c3ccc4c(-c5ccc(C=O)cc5)cc(-c5ccc(C=O)cc5)c5ccc2c3c54)cc1. The van der Waals surface area contributed by atoms with Gasteiger partial charge in [0.25, 0.3) is 0 Å². The van der Waals surface area contributed by atoms with Crippen LogP contribution >= 0.6 is 0 Å². The Morgan fingerprint density at radius 2 is 0.569 bits per heavy atom. The number of aldehydes is 6. The Kier molecular flexibility index (Phi) is 12.2. The molecular formula is C56H40O9. The second kappa shape index (κ2) is 18.4. The molecule has 0 unspecified atom stereocenters. The van der Waals surface area contributed by atoms with Gasteiger partial charge in [0.2, 0.25) is 0 Å². The van der Waals surface area contributed by atoms with Crippen LogP contribution in [-0.2, 0) is 0 Å². The summed E-state index contributed by atoms with van der Waals surface area (Å²) in [6.07, 6.45) is 3.97. The van der Waals surface area contributed by atoms with Gasteiger partial charge in [0.1, 0.15) is 52.8 Å². The maximum Gasteiger partial charge on any atom is 0.157 e. The highest BCUT2D eigenvalue weighted by molar-refractivity contribution is 6.32. The second-order valence-electron chi connectivity index (χ2n) is 15.3. The summed E-state index contributed by atoms with van der Waals surface area (Å²) in [5.41, 5.74) is 11.6. The first-order chi connectivity index (χ1) is 31.7. The van der Waals surface area contributed by atoms with Crippen molar-refractivity contribution in [3.8, 4) is 61.8 Å². The van der Waals surface area contributed by atoms with Crippen LogP contribution in [0.1, 0.15) is 67.7 Å². The molecule has 0 amide bonds. The average molecular weight is 857 g/mol. The molecule has 0 aliphatic heterocycles. The number of carbonyl (C=O) groups is 6. The van der Waals surface area contributed by atoms with E-state index in [2.05, 4.69) is 67.6 Å². The van der Waals surface area contributed by atoms with Crippen LogP contribution < -0.4 is 14.2 Å². The lowest BCUT2D eigenvalue weighted by Crippen LogP contribution is -2.06. The molecule has 318 valence electrons. The fourth-order valence-corrected chi connectivity index (χ4v) is 8.63. The fourth-order valence-electron chi connectivity index (χ4n) is 8.63. The normalized spacial score (nSPS) is 10.8. The zero-order valence-corrected chi connectivity index (χ0v) is 35.8. The van der Waals surface area contributed by atoms with Crippen molar-refractivity contribution in [3.05, 3.63) is 172 Å². The number of benzene rings is 9. The summed E-state index contributed by atoms with van der Waals surface area (Å²) >= 11 is 0. The maximum atomic E-state index is 11.5. The number of rotatable bonds is 13. The molecule has 0 bridgehead atoms. The molecule has 0 aliphatic carbocycles. The van der Waals surface area contributed by atoms with Crippen molar-refractivity contribution in [1.29, 1.82) is 0 Å².